The normalized spacial score (nSPS) is 12.7. The topological polar surface area (TPSA) is 179 Å². The van der Waals surface area contributed by atoms with Gasteiger partial charge < -0.3 is 32.2 Å². The lowest BCUT2D eigenvalue weighted by Gasteiger charge is -2.05. The zero-order valence-corrected chi connectivity index (χ0v) is 10.4. The van der Waals surface area contributed by atoms with Crippen molar-refractivity contribution in [2.24, 2.45) is 17.2 Å². The van der Waals surface area contributed by atoms with Crippen molar-refractivity contribution < 1.29 is 29.3 Å². The first kappa shape index (κ1) is 19.0. The van der Waals surface area contributed by atoms with Crippen molar-refractivity contribution in [2.45, 2.75) is 12.1 Å². The number of hydrogen-bond donors (Lipinski definition) is 6. The van der Waals surface area contributed by atoms with Gasteiger partial charge in [-0.05, 0) is 0 Å². The minimum atomic E-state index is -1.21. The Morgan fingerprint density at radius 2 is 1.56 bits per heavy atom. The summed E-state index contributed by atoms with van der Waals surface area (Å²) in [6, 6.07) is -1.99. The lowest BCUT2D eigenvalue weighted by Crippen LogP contribution is -2.36. The average molecular weight is 283 g/mol. The Morgan fingerprint density at radius 3 is 1.78 bits per heavy atom. The fourth-order valence-corrected chi connectivity index (χ4v) is 0.547. The second-order valence-corrected chi connectivity index (χ2v) is 3.32. The maximum Gasteiger partial charge on any atom is 0.324 e. The molecule has 18 heavy (non-hydrogen) atoms. The molecule has 0 aliphatic rings. The number of nitrogens with two attached hydrogens (primary N) is 3. The summed E-state index contributed by atoms with van der Waals surface area (Å²) in [6.45, 7) is -0.613. The highest BCUT2D eigenvalue weighted by atomic mass is 32.1. The third kappa shape index (κ3) is 11.1. The van der Waals surface area contributed by atoms with E-state index >= 15 is 0 Å². The number of carboxylic acid groups (broad SMARTS) is 2. The van der Waals surface area contributed by atoms with Crippen molar-refractivity contribution in [3.63, 3.8) is 0 Å². The van der Waals surface area contributed by atoms with E-state index in [0.29, 0.717) is 0 Å². The predicted octanol–water partition coefficient (Wildman–Crippen LogP) is -2.77. The van der Waals surface area contributed by atoms with Gasteiger partial charge in [-0.1, -0.05) is 0 Å². The Bertz CT molecular complexity index is 288. The Balaban J connectivity index is 0. The summed E-state index contributed by atoms with van der Waals surface area (Å²) < 4.78 is 4.34. The fourth-order valence-electron chi connectivity index (χ4n) is 0.391. The highest BCUT2D eigenvalue weighted by molar-refractivity contribution is 7.80. The van der Waals surface area contributed by atoms with Crippen molar-refractivity contribution in [2.75, 3.05) is 18.9 Å². The van der Waals surface area contributed by atoms with Crippen LogP contribution in [0, 0.1) is 0 Å². The zero-order valence-electron chi connectivity index (χ0n) is 9.48. The number of thiol groups is 1. The number of carboxylic acids is 2. The van der Waals surface area contributed by atoms with Gasteiger partial charge in [-0.25, -0.2) is 0 Å². The van der Waals surface area contributed by atoms with Crippen molar-refractivity contribution in [1.29, 1.82) is 0 Å². The number of rotatable bonds is 6. The zero-order chi connectivity index (χ0) is 14.7. The number of ether oxygens (including phenoxy) is 1. The molecule has 0 aliphatic carbocycles. The number of esters is 1. The first-order valence-corrected chi connectivity index (χ1v) is 5.32. The van der Waals surface area contributed by atoms with Crippen molar-refractivity contribution in [3.8, 4) is 0 Å². The number of aliphatic carboxylic acids is 2. The van der Waals surface area contributed by atoms with E-state index in [4.69, 9.17) is 27.4 Å². The second-order valence-electron chi connectivity index (χ2n) is 2.96. The van der Waals surface area contributed by atoms with Crippen LogP contribution in [-0.2, 0) is 19.1 Å². The van der Waals surface area contributed by atoms with Crippen LogP contribution < -0.4 is 17.2 Å². The summed E-state index contributed by atoms with van der Waals surface area (Å²) in [6.07, 6.45) is 0. The van der Waals surface area contributed by atoms with Crippen LogP contribution >= 0.6 is 12.6 Å². The predicted molar refractivity (Wildman–Crippen MR) is 65.1 cm³/mol. The summed E-state index contributed by atoms with van der Waals surface area (Å²) >= 11 is 3.65. The Kier molecular flexibility index (Phi) is 11.4. The highest BCUT2D eigenvalue weighted by Gasteiger charge is 2.12. The van der Waals surface area contributed by atoms with Gasteiger partial charge in [-0.3, -0.25) is 14.4 Å². The molecule has 0 rings (SSSR count). The second kappa shape index (κ2) is 10.8. The molecule has 0 aromatic heterocycles. The lowest BCUT2D eigenvalue weighted by molar-refractivity contribution is -0.146. The van der Waals surface area contributed by atoms with Gasteiger partial charge in [0, 0.05) is 5.75 Å². The van der Waals surface area contributed by atoms with Crippen LogP contribution in [0.4, 0.5) is 0 Å². The Hall–Kier alpha value is -1.36. The monoisotopic (exact) mass is 283 g/mol. The first-order chi connectivity index (χ1) is 8.26. The van der Waals surface area contributed by atoms with Gasteiger partial charge in [0.05, 0.1) is 6.54 Å². The van der Waals surface area contributed by atoms with Gasteiger partial charge in [0.2, 0.25) is 0 Å². The molecule has 8 N–H and O–H groups in total. The SMILES string of the molecule is NCC(=O)OC[C@H](N)C(=O)O.N[C@@H](CS)C(=O)O. The Labute approximate surface area is 109 Å². The third-order valence-corrected chi connectivity index (χ3v) is 1.82. The molecule has 0 spiro atoms. The summed E-state index contributed by atoms with van der Waals surface area (Å²) in [5.74, 6) is -2.69. The van der Waals surface area contributed by atoms with Crippen LogP contribution in [0.1, 0.15) is 0 Å². The van der Waals surface area contributed by atoms with Gasteiger partial charge >= 0.3 is 17.9 Å². The number of hydrogen-bond acceptors (Lipinski definition) is 8. The van der Waals surface area contributed by atoms with Crippen LogP contribution in [0.3, 0.4) is 0 Å². The maximum atomic E-state index is 10.3. The fraction of sp³-hybridized carbons (Fsp3) is 0.625. The summed E-state index contributed by atoms with van der Waals surface area (Å²) in [4.78, 5) is 30.2. The molecular formula is C8H17N3O6S. The lowest BCUT2D eigenvalue weighted by atomic mass is 10.3. The van der Waals surface area contributed by atoms with E-state index in [1.165, 1.54) is 0 Å². The molecule has 0 radical (unpaired) electrons. The van der Waals surface area contributed by atoms with Crippen LogP contribution in [-0.4, -0.2) is 59.1 Å². The summed E-state index contributed by atoms with van der Waals surface area (Å²) in [5.41, 5.74) is 14.8. The van der Waals surface area contributed by atoms with E-state index in [2.05, 4.69) is 17.4 Å². The molecule has 0 saturated heterocycles. The molecule has 106 valence electrons. The molecular weight excluding hydrogens is 266 g/mol. The summed E-state index contributed by atoms with van der Waals surface area (Å²) in [5, 5.41) is 16.2. The van der Waals surface area contributed by atoms with Gasteiger partial charge in [0.25, 0.3) is 0 Å². The molecule has 9 nitrogen and oxygen atoms in total. The molecule has 2 atom stereocenters. The van der Waals surface area contributed by atoms with Gasteiger partial charge in [0.15, 0.2) is 0 Å². The molecule has 0 unspecified atom stereocenters. The van der Waals surface area contributed by atoms with Crippen molar-refractivity contribution >= 4 is 30.5 Å². The van der Waals surface area contributed by atoms with Gasteiger partial charge in [-0.15, -0.1) is 0 Å². The van der Waals surface area contributed by atoms with E-state index in [1.54, 1.807) is 0 Å². The number of carbonyl (C=O) groups is 3. The van der Waals surface area contributed by atoms with E-state index < -0.39 is 30.0 Å². The Morgan fingerprint density at radius 1 is 1.11 bits per heavy atom. The van der Waals surface area contributed by atoms with Crippen LogP contribution in [0.25, 0.3) is 0 Å². The molecule has 10 heteroatoms. The molecule has 0 aromatic rings. The molecule has 0 bridgehead atoms. The van der Waals surface area contributed by atoms with Crippen molar-refractivity contribution in [1.82, 2.24) is 0 Å². The molecule has 0 aromatic carbocycles. The molecule has 0 aliphatic heterocycles. The molecule has 0 fully saturated rings. The smallest absolute Gasteiger partial charge is 0.324 e. The quantitative estimate of drug-likeness (QED) is 0.222. The number of carbonyl (C=O) groups excluding carboxylic acids is 1. The standard InChI is InChI=1S/C5H10N2O4.C3H7NO2S/c6-1-4(8)11-2-3(7)5(9)10;4-2(1-7)3(5)6/h3H,1-2,6-7H2,(H,9,10);2,7H,1,4H2,(H,5,6)/t3-;2-/m00/s1. The van der Waals surface area contributed by atoms with Gasteiger partial charge in [0.1, 0.15) is 18.7 Å². The van der Waals surface area contributed by atoms with Gasteiger partial charge in [-0.2, -0.15) is 12.6 Å². The molecule has 0 amide bonds. The minimum Gasteiger partial charge on any atom is -0.480 e. The molecule has 0 saturated carbocycles. The van der Waals surface area contributed by atoms with E-state index in [1.807, 2.05) is 0 Å². The van der Waals surface area contributed by atoms with E-state index in [0.717, 1.165) is 0 Å². The van der Waals surface area contributed by atoms with Crippen LogP contribution in [0.5, 0.6) is 0 Å². The van der Waals surface area contributed by atoms with Crippen LogP contribution in [0.15, 0.2) is 0 Å². The average Bonchev–Trinajstić information content (AvgIpc) is 2.34. The van der Waals surface area contributed by atoms with Crippen molar-refractivity contribution in [3.05, 3.63) is 0 Å². The minimum absolute atomic E-state index is 0.190. The van der Waals surface area contributed by atoms with E-state index in [9.17, 15) is 14.4 Å². The van der Waals surface area contributed by atoms with Crippen LogP contribution in [0.2, 0.25) is 0 Å². The van der Waals surface area contributed by atoms with E-state index in [-0.39, 0.29) is 18.9 Å². The third-order valence-electron chi connectivity index (χ3n) is 1.42. The largest absolute Gasteiger partial charge is 0.480 e. The summed E-state index contributed by atoms with van der Waals surface area (Å²) in [7, 11) is 0. The molecule has 0 heterocycles. The first-order valence-electron chi connectivity index (χ1n) is 4.69. The maximum absolute atomic E-state index is 10.3. The highest BCUT2D eigenvalue weighted by Crippen LogP contribution is 1.82.